The minimum atomic E-state index is -3.45. The van der Waals surface area contributed by atoms with E-state index in [4.69, 9.17) is 16.7 Å². The minimum Gasteiger partial charge on any atom is -0.390 e. The monoisotopic (exact) mass is 237 g/mol. The largest absolute Gasteiger partial charge is 0.390 e. The predicted octanol–water partition coefficient (Wildman–Crippen LogP) is 1.28. The number of aliphatic hydroxyl groups is 1. The van der Waals surface area contributed by atoms with E-state index in [1.165, 1.54) is 4.90 Å². The highest BCUT2D eigenvalue weighted by molar-refractivity contribution is 6.30. The average molecular weight is 238 g/mol. The van der Waals surface area contributed by atoms with Crippen LogP contribution in [0.4, 0.5) is 14.6 Å². The van der Waals surface area contributed by atoms with E-state index in [2.05, 4.69) is 9.97 Å². The molecule has 1 N–H and O–H groups in total. The van der Waals surface area contributed by atoms with Gasteiger partial charge < -0.3 is 10.0 Å². The van der Waals surface area contributed by atoms with Gasteiger partial charge >= 0.3 is 5.92 Å². The van der Waals surface area contributed by atoms with Gasteiger partial charge in [-0.2, -0.15) is 8.78 Å². The molecule has 1 heterocycles. The van der Waals surface area contributed by atoms with Crippen LogP contribution in [-0.4, -0.2) is 35.8 Å². The zero-order chi connectivity index (χ0) is 11.6. The summed E-state index contributed by atoms with van der Waals surface area (Å²) in [6, 6.07) is 0. The van der Waals surface area contributed by atoms with Gasteiger partial charge in [-0.05, 0) is 0 Å². The van der Waals surface area contributed by atoms with E-state index in [1.54, 1.807) is 14.1 Å². The quantitative estimate of drug-likeness (QED) is 0.805. The molecule has 0 radical (unpaired) electrons. The fourth-order valence-corrected chi connectivity index (χ4v) is 1.35. The van der Waals surface area contributed by atoms with E-state index in [1.807, 2.05) is 0 Å². The molecular weight excluding hydrogens is 228 g/mol. The molecule has 4 nitrogen and oxygen atoms in total. The average Bonchev–Trinajstić information content (AvgIpc) is 2.17. The zero-order valence-electron chi connectivity index (χ0n) is 8.21. The fraction of sp³-hybridized carbons (Fsp3) is 0.500. The van der Waals surface area contributed by atoms with Crippen LogP contribution in [-0.2, 0) is 5.92 Å². The topological polar surface area (TPSA) is 49.2 Å². The van der Waals surface area contributed by atoms with E-state index < -0.39 is 18.1 Å². The Bertz CT molecular complexity index is 360. The van der Waals surface area contributed by atoms with Crippen LogP contribution in [0, 0.1) is 0 Å². The van der Waals surface area contributed by atoms with E-state index >= 15 is 0 Å². The highest BCUT2D eigenvalue weighted by Gasteiger charge is 2.37. The SMILES string of the molecule is CN(C)c1ncnc(Cl)c1C(F)(F)CO. The van der Waals surface area contributed by atoms with Gasteiger partial charge in [0.2, 0.25) is 0 Å². The Morgan fingerprint density at radius 1 is 1.47 bits per heavy atom. The van der Waals surface area contributed by atoms with Gasteiger partial charge in [0.15, 0.2) is 0 Å². The van der Waals surface area contributed by atoms with Gasteiger partial charge in [0.1, 0.15) is 29.5 Å². The molecular formula is C8H10ClF2N3O. The predicted molar refractivity (Wildman–Crippen MR) is 52.3 cm³/mol. The van der Waals surface area contributed by atoms with Crippen molar-refractivity contribution in [3.63, 3.8) is 0 Å². The maximum Gasteiger partial charge on any atom is 0.302 e. The summed E-state index contributed by atoms with van der Waals surface area (Å²) in [6.07, 6.45) is 1.09. The van der Waals surface area contributed by atoms with Crippen molar-refractivity contribution in [2.24, 2.45) is 0 Å². The van der Waals surface area contributed by atoms with Gasteiger partial charge in [-0.15, -0.1) is 0 Å². The molecule has 1 aromatic heterocycles. The normalized spacial score (nSPS) is 11.6. The molecule has 1 rings (SSSR count). The summed E-state index contributed by atoms with van der Waals surface area (Å²) < 4.78 is 26.7. The van der Waals surface area contributed by atoms with Crippen LogP contribution >= 0.6 is 11.6 Å². The van der Waals surface area contributed by atoms with Gasteiger partial charge in [0.05, 0.1) is 0 Å². The molecule has 7 heteroatoms. The van der Waals surface area contributed by atoms with Gasteiger partial charge in [0, 0.05) is 14.1 Å². The second kappa shape index (κ2) is 4.24. The first-order valence-electron chi connectivity index (χ1n) is 4.07. The third kappa shape index (κ3) is 2.32. The van der Waals surface area contributed by atoms with Crippen LogP contribution in [0.1, 0.15) is 5.56 Å². The van der Waals surface area contributed by atoms with Gasteiger partial charge in [0.25, 0.3) is 0 Å². The lowest BCUT2D eigenvalue weighted by molar-refractivity contribution is -0.0555. The van der Waals surface area contributed by atoms with Crippen LogP contribution in [0.2, 0.25) is 5.15 Å². The van der Waals surface area contributed by atoms with Crippen molar-refractivity contribution in [1.82, 2.24) is 9.97 Å². The second-order valence-electron chi connectivity index (χ2n) is 3.12. The maximum absolute atomic E-state index is 13.3. The summed E-state index contributed by atoms with van der Waals surface area (Å²) in [6.45, 7) is -1.33. The van der Waals surface area contributed by atoms with Crippen molar-refractivity contribution in [1.29, 1.82) is 0 Å². The molecule has 0 aliphatic rings. The van der Waals surface area contributed by atoms with E-state index in [9.17, 15) is 8.78 Å². The molecule has 15 heavy (non-hydrogen) atoms. The van der Waals surface area contributed by atoms with Crippen molar-refractivity contribution in [2.75, 3.05) is 25.6 Å². The third-order valence-corrected chi connectivity index (χ3v) is 2.06. The molecule has 0 fully saturated rings. The number of hydrogen-bond acceptors (Lipinski definition) is 4. The molecule has 84 valence electrons. The van der Waals surface area contributed by atoms with Gasteiger partial charge in [-0.1, -0.05) is 11.6 Å². The van der Waals surface area contributed by atoms with Crippen LogP contribution in [0.3, 0.4) is 0 Å². The molecule has 0 unspecified atom stereocenters. The van der Waals surface area contributed by atoms with Crippen molar-refractivity contribution in [3.8, 4) is 0 Å². The summed E-state index contributed by atoms with van der Waals surface area (Å²) in [7, 11) is 3.10. The standard InChI is InChI=1S/C8H10ClF2N3O/c1-14(2)7-5(8(10,11)3-15)6(9)12-4-13-7/h4,15H,3H2,1-2H3. The Kier molecular flexibility index (Phi) is 3.41. The lowest BCUT2D eigenvalue weighted by atomic mass is 10.1. The first-order valence-corrected chi connectivity index (χ1v) is 4.45. The number of halogens is 3. The fourth-order valence-electron chi connectivity index (χ4n) is 1.09. The summed E-state index contributed by atoms with van der Waals surface area (Å²) >= 11 is 5.57. The van der Waals surface area contributed by atoms with Gasteiger partial charge in [-0.25, -0.2) is 9.97 Å². The Balaban J connectivity index is 3.37. The molecule has 0 aromatic carbocycles. The Morgan fingerprint density at radius 2 is 2.07 bits per heavy atom. The Labute approximate surface area is 90.5 Å². The maximum atomic E-state index is 13.3. The first kappa shape index (κ1) is 12.1. The van der Waals surface area contributed by atoms with E-state index in [0.29, 0.717) is 0 Å². The molecule has 0 amide bonds. The Morgan fingerprint density at radius 3 is 2.53 bits per heavy atom. The van der Waals surface area contributed by atoms with E-state index in [0.717, 1.165) is 6.33 Å². The zero-order valence-corrected chi connectivity index (χ0v) is 8.96. The number of rotatable bonds is 3. The van der Waals surface area contributed by atoms with Crippen molar-refractivity contribution < 1.29 is 13.9 Å². The summed E-state index contributed by atoms with van der Waals surface area (Å²) in [5, 5.41) is 8.24. The minimum absolute atomic E-state index is 0.00551. The number of aromatic nitrogens is 2. The number of nitrogens with zero attached hydrogens (tertiary/aromatic N) is 3. The molecule has 0 atom stereocenters. The molecule has 0 spiro atoms. The van der Waals surface area contributed by atoms with Crippen LogP contribution < -0.4 is 4.90 Å². The molecule has 0 aliphatic heterocycles. The van der Waals surface area contributed by atoms with Crippen LogP contribution in [0.15, 0.2) is 6.33 Å². The Hall–Kier alpha value is -1.01. The second-order valence-corrected chi connectivity index (χ2v) is 3.48. The number of alkyl halides is 2. The first-order chi connectivity index (χ1) is 6.90. The highest BCUT2D eigenvalue weighted by atomic mass is 35.5. The summed E-state index contributed by atoms with van der Waals surface area (Å²) in [5.41, 5.74) is -0.556. The third-order valence-electron chi connectivity index (χ3n) is 1.77. The number of aliphatic hydroxyl groups excluding tert-OH is 1. The molecule has 1 aromatic rings. The van der Waals surface area contributed by atoms with Gasteiger partial charge in [-0.3, -0.25) is 0 Å². The van der Waals surface area contributed by atoms with Crippen molar-refractivity contribution >= 4 is 17.4 Å². The lowest BCUT2D eigenvalue weighted by Gasteiger charge is -2.21. The highest BCUT2D eigenvalue weighted by Crippen LogP contribution is 2.36. The lowest BCUT2D eigenvalue weighted by Crippen LogP contribution is -2.25. The molecule has 0 bridgehead atoms. The summed E-state index contributed by atoms with van der Waals surface area (Å²) in [4.78, 5) is 8.55. The molecule has 0 saturated carbocycles. The van der Waals surface area contributed by atoms with Crippen molar-refractivity contribution in [3.05, 3.63) is 17.0 Å². The number of hydrogen-bond donors (Lipinski definition) is 1. The smallest absolute Gasteiger partial charge is 0.302 e. The van der Waals surface area contributed by atoms with Crippen LogP contribution in [0.25, 0.3) is 0 Å². The molecule has 0 saturated heterocycles. The van der Waals surface area contributed by atoms with E-state index in [-0.39, 0.29) is 11.0 Å². The summed E-state index contributed by atoms with van der Waals surface area (Å²) in [5.74, 6) is -3.45. The molecule has 0 aliphatic carbocycles. The van der Waals surface area contributed by atoms with Crippen LogP contribution in [0.5, 0.6) is 0 Å². The van der Waals surface area contributed by atoms with Crippen molar-refractivity contribution in [2.45, 2.75) is 5.92 Å². The number of anilines is 1.